The van der Waals surface area contributed by atoms with Gasteiger partial charge in [0.25, 0.3) is 0 Å². The summed E-state index contributed by atoms with van der Waals surface area (Å²) < 4.78 is 17.4. The van der Waals surface area contributed by atoms with Crippen LogP contribution in [0.1, 0.15) is 19.8 Å². The first-order chi connectivity index (χ1) is 11.2. The Morgan fingerprint density at radius 2 is 2.00 bits per heavy atom. The highest BCUT2D eigenvalue weighted by molar-refractivity contribution is 14.0. The molecule has 1 aromatic carbocycles. The Morgan fingerprint density at radius 3 is 2.62 bits per heavy atom. The molecule has 0 aliphatic carbocycles. The predicted octanol–water partition coefficient (Wildman–Crippen LogP) is 3.04. The highest BCUT2D eigenvalue weighted by Gasteiger charge is 2.01. The standard InChI is InChI=1S/C16H24FN3O2S.HI/c1-3-18-16(20-11-9-15(21)22-2)19-10-4-12-23-14-7-5-13(17)6-8-14;/h5-8H,3-4,9-12H2,1-2H3,(H2,18,19,20);1H. The summed E-state index contributed by atoms with van der Waals surface area (Å²) in [5.74, 6) is 1.15. The van der Waals surface area contributed by atoms with Gasteiger partial charge in [0.2, 0.25) is 0 Å². The Labute approximate surface area is 164 Å². The van der Waals surface area contributed by atoms with Gasteiger partial charge in [-0.05, 0) is 43.4 Å². The van der Waals surface area contributed by atoms with Crippen LogP contribution in [0.15, 0.2) is 34.2 Å². The maximum atomic E-state index is 12.8. The van der Waals surface area contributed by atoms with E-state index in [4.69, 9.17) is 0 Å². The van der Waals surface area contributed by atoms with Crippen molar-refractivity contribution in [1.29, 1.82) is 0 Å². The van der Waals surface area contributed by atoms with Crippen molar-refractivity contribution in [3.05, 3.63) is 30.1 Å². The van der Waals surface area contributed by atoms with Crippen molar-refractivity contribution in [2.45, 2.75) is 24.7 Å². The number of ether oxygens (including phenoxy) is 1. The maximum Gasteiger partial charge on any atom is 0.307 e. The molecule has 24 heavy (non-hydrogen) atoms. The number of halogens is 2. The quantitative estimate of drug-likeness (QED) is 0.145. The van der Waals surface area contributed by atoms with Crippen LogP contribution in [0.25, 0.3) is 0 Å². The number of benzene rings is 1. The summed E-state index contributed by atoms with van der Waals surface area (Å²) in [6.07, 6.45) is 1.22. The lowest BCUT2D eigenvalue weighted by Crippen LogP contribution is -2.38. The summed E-state index contributed by atoms with van der Waals surface area (Å²) in [7, 11) is 1.38. The molecule has 1 rings (SSSR count). The van der Waals surface area contributed by atoms with Crippen molar-refractivity contribution in [2.75, 3.05) is 32.5 Å². The number of carbonyl (C=O) groups excluding carboxylic acids is 1. The number of carbonyl (C=O) groups is 1. The summed E-state index contributed by atoms with van der Waals surface area (Å²) in [5.41, 5.74) is 0. The molecular weight excluding hydrogens is 444 g/mol. The third-order valence-electron chi connectivity index (χ3n) is 2.85. The molecule has 0 fully saturated rings. The summed E-state index contributed by atoms with van der Waals surface area (Å²) in [6, 6.07) is 6.49. The fraction of sp³-hybridized carbons (Fsp3) is 0.500. The largest absolute Gasteiger partial charge is 0.469 e. The summed E-state index contributed by atoms with van der Waals surface area (Å²) in [4.78, 5) is 16.6. The smallest absolute Gasteiger partial charge is 0.307 e. The van der Waals surface area contributed by atoms with E-state index < -0.39 is 0 Å². The van der Waals surface area contributed by atoms with Gasteiger partial charge in [0.15, 0.2) is 5.96 Å². The molecule has 0 heterocycles. The Morgan fingerprint density at radius 1 is 1.29 bits per heavy atom. The van der Waals surface area contributed by atoms with Gasteiger partial charge < -0.3 is 15.4 Å². The second-order valence-corrected chi connectivity index (χ2v) is 5.84. The molecule has 0 amide bonds. The molecule has 2 N–H and O–H groups in total. The zero-order valence-electron chi connectivity index (χ0n) is 14.0. The summed E-state index contributed by atoms with van der Waals surface area (Å²) in [6.45, 7) is 3.92. The van der Waals surface area contributed by atoms with E-state index >= 15 is 0 Å². The predicted molar refractivity (Wildman–Crippen MR) is 108 cm³/mol. The van der Waals surface area contributed by atoms with Crippen LogP contribution in [0.5, 0.6) is 0 Å². The maximum absolute atomic E-state index is 12.8. The van der Waals surface area contributed by atoms with E-state index in [0.29, 0.717) is 25.5 Å². The van der Waals surface area contributed by atoms with Gasteiger partial charge >= 0.3 is 5.97 Å². The fourth-order valence-electron chi connectivity index (χ4n) is 1.70. The summed E-state index contributed by atoms with van der Waals surface area (Å²) in [5, 5.41) is 6.22. The highest BCUT2D eigenvalue weighted by atomic mass is 127. The van der Waals surface area contributed by atoms with Crippen LogP contribution in [0.2, 0.25) is 0 Å². The average Bonchev–Trinajstić information content (AvgIpc) is 2.56. The number of rotatable bonds is 9. The summed E-state index contributed by atoms with van der Waals surface area (Å²) >= 11 is 1.68. The molecule has 0 radical (unpaired) electrons. The Kier molecular flexibility index (Phi) is 13.7. The molecule has 0 spiro atoms. The molecule has 0 aromatic heterocycles. The molecule has 136 valence electrons. The number of aliphatic imine (C=N–C) groups is 1. The van der Waals surface area contributed by atoms with E-state index in [1.54, 1.807) is 23.9 Å². The molecule has 0 bridgehead atoms. The first kappa shape index (κ1) is 23.0. The number of thioether (sulfide) groups is 1. The number of nitrogens with one attached hydrogen (secondary N) is 2. The second-order valence-electron chi connectivity index (χ2n) is 4.67. The van der Waals surface area contributed by atoms with Crippen LogP contribution >= 0.6 is 35.7 Å². The molecular formula is C16H25FIN3O2S. The lowest BCUT2D eigenvalue weighted by molar-refractivity contribution is -0.140. The normalized spacial score (nSPS) is 10.7. The SMILES string of the molecule is CCNC(=NCCCSc1ccc(F)cc1)NCCC(=O)OC.I. The molecule has 0 aliphatic rings. The van der Waals surface area contributed by atoms with E-state index in [0.717, 1.165) is 23.6 Å². The molecule has 0 saturated carbocycles. The monoisotopic (exact) mass is 469 g/mol. The van der Waals surface area contributed by atoms with Crippen molar-refractivity contribution in [3.63, 3.8) is 0 Å². The van der Waals surface area contributed by atoms with Crippen molar-refractivity contribution >= 4 is 47.7 Å². The minimum absolute atomic E-state index is 0. The molecule has 5 nitrogen and oxygen atoms in total. The fourth-order valence-corrected chi connectivity index (χ4v) is 2.54. The minimum atomic E-state index is -0.246. The van der Waals surface area contributed by atoms with Crippen LogP contribution in [0.4, 0.5) is 4.39 Å². The van der Waals surface area contributed by atoms with Gasteiger partial charge in [0, 0.05) is 24.5 Å². The average molecular weight is 469 g/mol. The van der Waals surface area contributed by atoms with Gasteiger partial charge in [0.05, 0.1) is 13.5 Å². The number of nitrogens with zero attached hydrogens (tertiary/aromatic N) is 1. The van der Waals surface area contributed by atoms with Gasteiger partial charge in [-0.1, -0.05) is 0 Å². The van der Waals surface area contributed by atoms with Crippen LogP contribution < -0.4 is 10.6 Å². The molecule has 0 aliphatic heterocycles. The lowest BCUT2D eigenvalue weighted by Gasteiger charge is -2.10. The van der Waals surface area contributed by atoms with E-state index in [1.807, 2.05) is 6.92 Å². The van der Waals surface area contributed by atoms with Gasteiger partial charge in [0.1, 0.15) is 5.82 Å². The number of methoxy groups -OCH3 is 1. The number of esters is 1. The Balaban J connectivity index is 0.00000529. The molecule has 0 unspecified atom stereocenters. The first-order valence-electron chi connectivity index (χ1n) is 7.63. The van der Waals surface area contributed by atoms with Gasteiger partial charge in [-0.15, -0.1) is 35.7 Å². The third-order valence-corrected chi connectivity index (χ3v) is 3.95. The van der Waals surface area contributed by atoms with Crippen molar-refractivity contribution in [2.24, 2.45) is 4.99 Å². The zero-order valence-corrected chi connectivity index (χ0v) is 17.2. The van der Waals surface area contributed by atoms with E-state index in [9.17, 15) is 9.18 Å². The molecule has 8 heteroatoms. The molecule has 0 atom stereocenters. The minimum Gasteiger partial charge on any atom is -0.469 e. The van der Waals surface area contributed by atoms with E-state index in [2.05, 4.69) is 20.4 Å². The topological polar surface area (TPSA) is 62.7 Å². The lowest BCUT2D eigenvalue weighted by atomic mass is 10.4. The van der Waals surface area contributed by atoms with Gasteiger partial charge in [-0.2, -0.15) is 0 Å². The van der Waals surface area contributed by atoms with Gasteiger partial charge in [-0.25, -0.2) is 4.39 Å². The first-order valence-corrected chi connectivity index (χ1v) is 8.61. The number of hydrogen-bond donors (Lipinski definition) is 2. The Hall–Kier alpha value is -1.03. The van der Waals surface area contributed by atoms with Crippen LogP contribution in [0.3, 0.4) is 0 Å². The highest BCUT2D eigenvalue weighted by Crippen LogP contribution is 2.18. The van der Waals surface area contributed by atoms with Crippen LogP contribution in [-0.4, -0.2) is 44.4 Å². The van der Waals surface area contributed by atoms with E-state index in [1.165, 1.54) is 19.2 Å². The third kappa shape index (κ3) is 10.7. The van der Waals surface area contributed by atoms with Crippen molar-refractivity contribution in [1.82, 2.24) is 10.6 Å². The molecule has 1 aromatic rings. The number of hydrogen-bond acceptors (Lipinski definition) is 4. The van der Waals surface area contributed by atoms with Crippen molar-refractivity contribution in [3.8, 4) is 0 Å². The van der Waals surface area contributed by atoms with E-state index in [-0.39, 0.29) is 35.8 Å². The number of guanidine groups is 1. The Bertz CT molecular complexity index is 501. The zero-order chi connectivity index (χ0) is 16.9. The van der Waals surface area contributed by atoms with Crippen LogP contribution in [-0.2, 0) is 9.53 Å². The molecule has 0 saturated heterocycles. The van der Waals surface area contributed by atoms with Gasteiger partial charge in [-0.3, -0.25) is 9.79 Å². The van der Waals surface area contributed by atoms with Crippen molar-refractivity contribution < 1.29 is 13.9 Å². The van der Waals surface area contributed by atoms with Crippen LogP contribution in [0, 0.1) is 5.82 Å². The second kappa shape index (κ2) is 14.3.